The molecule has 1 aromatic carbocycles. The van der Waals surface area contributed by atoms with E-state index < -0.39 is 0 Å². The first-order valence-electron chi connectivity index (χ1n) is 8.19. The molecule has 5 nitrogen and oxygen atoms in total. The van der Waals surface area contributed by atoms with Crippen LogP contribution in [0.3, 0.4) is 0 Å². The molecule has 0 unspecified atom stereocenters. The van der Waals surface area contributed by atoms with Gasteiger partial charge in [0.2, 0.25) is 0 Å². The van der Waals surface area contributed by atoms with E-state index in [2.05, 4.69) is 81.4 Å². The monoisotopic (exact) mass is 387 g/mol. The number of anilines is 1. The predicted molar refractivity (Wildman–Crippen MR) is 101 cm³/mol. The Hall–Kier alpha value is -1.95. The van der Waals surface area contributed by atoms with Crippen LogP contribution in [0.4, 0.5) is 5.82 Å². The number of hydrogen-bond acceptors (Lipinski definition) is 4. The van der Waals surface area contributed by atoms with Gasteiger partial charge in [-0.2, -0.15) is 5.10 Å². The summed E-state index contributed by atoms with van der Waals surface area (Å²) >= 11 is 3.52. The molecule has 2 heterocycles. The number of nitrogens with zero attached hydrogens (tertiary/aromatic N) is 4. The Labute approximate surface area is 150 Å². The summed E-state index contributed by atoms with van der Waals surface area (Å²) in [5.41, 5.74) is 3.41. The minimum absolute atomic E-state index is 0.168. The lowest BCUT2D eigenvalue weighted by Crippen LogP contribution is -2.18. The summed E-state index contributed by atoms with van der Waals surface area (Å²) in [6.07, 6.45) is 2.63. The molecule has 1 N–H and O–H groups in total. The average Bonchev–Trinajstić information content (AvgIpc) is 2.88. The van der Waals surface area contributed by atoms with Gasteiger partial charge in [-0.25, -0.2) is 14.6 Å². The van der Waals surface area contributed by atoms with Gasteiger partial charge in [0.25, 0.3) is 0 Å². The van der Waals surface area contributed by atoms with Crippen LogP contribution in [0.1, 0.15) is 37.9 Å². The van der Waals surface area contributed by atoms with Crippen LogP contribution in [0.2, 0.25) is 0 Å². The van der Waals surface area contributed by atoms with Crippen LogP contribution >= 0.6 is 15.9 Å². The second-order valence-electron chi connectivity index (χ2n) is 6.30. The lowest BCUT2D eigenvalue weighted by molar-refractivity contribution is 0.545. The summed E-state index contributed by atoms with van der Waals surface area (Å²) in [5, 5.41) is 8.90. The van der Waals surface area contributed by atoms with Gasteiger partial charge in [0.1, 0.15) is 16.7 Å². The zero-order valence-corrected chi connectivity index (χ0v) is 16.0. The van der Waals surface area contributed by atoms with E-state index >= 15 is 0 Å². The van der Waals surface area contributed by atoms with Gasteiger partial charge in [0.05, 0.1) is 11.4 Å². The molecule has 1 atom stereocenters. The maximum atomic E-state index is 4.46. The van der Waals surface area contributed by atoms with Crippen LogP contribution in [0, 0.1) is 5.92 Å². The van der Waals surface area contributed by atoms with E-state index in [0.29, 0.717) is 5.92 Å². The summed E-state index contributed by atoms with van der Waals surface area (Å²) in [7, 11) is 1.88. The fourth-order valence-electron chi connectivity index (χ4n) is 2.89. The first kappa shape index (κ1) is 16.9. The molecule has 0 aliphatic carbocycles. The Morgan fingerprint density at radius 1 is 1.17 bits per heavy atom. The van der Waals surface area contributed by atoms with Crippen molar-refractivity contribution >= 4 is 32.8 Å². The van der Waals surface area contributed by atoms with Crippen LogP contribution in [0.25, 0.3) is 11.0 Å². The topological polar surface area (TPSA) is 55.6 Å². The van der Waals surface area contributed by atoms with Gasteiger partial charge in [-0.15, -0.1) is 0 Å². The first-order valence-corrected chi connectivity index (χ1v) is 8.99. The van der Waals surface area contributed by atoms with Crippen LogP contribution in [-0.2, 0) is 13.5 Å². The molecule has 0 saturated carbocycles. The molecule has 0 aliphatic heterocycles. The Morgan fingerprint density at radius 3 is 2.50 bits per heavy atom. The minimum Gasteiger partial charge on any atom is -0.362 e. The molecule has 3 aromatic rings. The zero-order valence-electron chi connectivity index (χ0n) is 14.4. The number of rotatable bonds is 5. The molecule has 0 radical (unpaired) electrons. The minimum atomic E-state index is 0.168. The molecule has 2 aromatic heterocycles. The highest BCUT2D eigenvalue weighted by Crippen LogP contribution is 2.32. The predicted octanol–water partition coefficient (Wildman–Crippen LogP) is 4.50. The molecule has 3 rings (SSSR count). The number of halogens is 1. The molecule has 0 fully saturated rings. The average molecular weight is 388 g/mol. The number of nitrogens with one attached hydrogen (secondary N) is 1. The Kier molecular flexibility index (Phi) is 4.85. The van der Waals surface area contributed by atoms with Crippen molar-refractivity contribution in [2.45, 2.75) is 33.2 Å². The van der Waals surface area contributed by atoms with Crippen LogP contribution in [-0.4, -0.2) is 19.7 Å². The van der Waals surface area contributed by atoms with Gasteiger partial charge in [0, 0.05) is 7.05 Å². The fraction of sp³-hybridized carbons (Fsp3) is 0.389. The summed E-state index contributed by atoms with van der Waals surface area (Å²) in [6, 6.07) is 8.96. The first-order chi connectivity index (χ1) is 11.5. The maximum absolute atomic E-state index is 4.46. The van der Waals surface area contributed by atoms with Crippen molar-refractivity contribution in [3.05, 3.63) is 46.3 Å². The van der Waals surface area contributed by atoms with Crippen LogP contribution in [0.15, 0.2) is 35.2 Å². The summed E-state index contributed by atoms with van der Waals surface area (Å²) in [4.78, 5) is 8.79. The maximum Gasteiger partial charge on any atom is 0.164 e. The van der Waals surface area contributed by atoms with Crippen molar-refractivity contribution in [2.24, 2.45) is 13.0 Å². The number of aryl methyl sites for hydroxylation is 2. The largest absolute Gasteiger partial charge is 0.362 e. The number of aromatic nitrogens is 4. The SMILES string of the molecule is CCc1ccc([C@H](Nc2ncnc3c2c(Br)nn3C)C(C)C)cc1. The molecule has 0 saturated heterocycles. The molecular formula is C18H22BrN5. The van der Waals surface area contributed by atoms with Gasteiger partial charge in [-0.05, 0) is 39.4 Å². The van der Waals surface area contributed by atoms with Gasteiger partial charge in [-0.1, -0.05) is 45.0 Å². The molecular weight excluding hydrogens is 366 g/mol. The standard InChI is InChI=1S/C18H22BrN5/c1-5-12-6-8-13(9-7-12)15(11(2)3)22-17-14-16(19)23-24(4)18(14)21-10-20-17/h6-11,15H,5H2,1-4H3,(H,20,21,22)/t15-/m1/s1. The highest BCUT2D eigenvalue weighted by Gasteiger charge is 2.20. The third-order valence-corrected chi connectivity index (χ3v) is 4.84. The summed E-state index contributed by atoms with van der Waals surface area (Å²) in [6.45, 7) is 6.59. The highest BCUT2D eigenvalue weighted by atomic mass is 79.9. The van der Waals surface area contributed by atoms with E-state index in [-0.39, 0.29) is 6.04 Å². The second-order valence-corrected chi connectivity index (χ2v) is 7.05. The van der Waals surface area contributed by atoms with Crippen molar-refractivity contribution in [1.82, 2.24) is 19.7 Å². The van der Waals surface area contributed by atoms with Crippen molar-refractivity contribution < 1.29 is 0 Å². The molecule has 0 spiro atoms. The second kappa shape index (κ2) is 6.89. The third kappa shape index (κ3) is 3.15. The lowest BCUT2D eigenvalue weighted by atomic mass is 9.95. The van der Waals surface area contributed by atoms with E-state index in [1.165, 1.54) is 11.1 Å². The Bertz CT molecular complexity index is 838. The Morgan fingerprint density at radius 2 is 1.88 bits per heavy atom. The zero-order chi connectivity index (χ0) is 17.3. The van der Waals surface area contributed by atoms with Gasteiger partial charge in [-0.3, -0.25) is 0 Å². The van der Waals surface area contributed by atoms with E-state index in [4.69, 9.17) is 0 Å². The normalized spacial score (nSPS) is 12.8. The molecule has 6 heteroatoms. The summed E-state index contributed by atoms with van der Waals surface area (Å²) in [5.74, 6) is 1.22. The van der Waals surface area contributed by atoms with Crippen LogP contribution in [0.5, 0.6) is 0 Å². The van der Waals surface area contributed by atoms with Gasteiger partial charge in [0.15, 0.2) is 5.65 Å². The van der Waals surface area contributed by atoms with E-state index in [1.807, 2.05) is 7.05 Å². The van der Waals surface area contributed by atoms with E-state index in [1.54, 1.807) is 11.0 Å². The smallest absolute Gasteiger partial charge is 0.164 e. The molecule has 0 bridgehead atoms. The highest BCUT2D eigenvalue weighted by molar-refractivity contribution is 9.10. The third-order valence-electron chi connectivity index (χ3n) is 4.28. The van der Waals surface area contributed by atoms with E-state index in [9.17, 15) is 0 Å². The van der Waals surface area contributed by atoms with Gasteiger partial charge < -0.3 is 5.32 Å². The van der Waals surface area contributed by atoms with Crippen LogP contribution < -0.4 is 5.32 Å². The molecule has 126 valence electrons. The molecule has 0 aliphatic rings. The number of hydrogen-bond donors (Lipinski definition) is 1. The molecule has 24 heavy (non-hydrogen) atoms. The van der Waals surface area contributed by atoms with Crippen molar-refractivity contribution in [3.8, 4) is 0 Å². The van der Waals surface area contributed by atoms with Crippen molar-refractivity contribution in [1.29, 1.82) is 0 Å². The van der Waals surface area contributed by atoms with Gasteiger partial charge >= 0.3 is 0 Å². The Balaban J connectivity index is 1.99. The van der Waals surface area contributed by atoms with Crippen molar-refractivity contribution in [2.75, 3.05) is 5.32 Å². The quantitative estimate of drug-likeness (QED) is 0.700. The van der Waals surface area contributed by atoms with Crippen molar-refractivity contribution in [3.63, 3.8) is 0 Å². The summed E-state index contributed by atoms with van der Waals surface area (Å²) < 4.78 is 2.51. The number of fused-ring (bicyclic) bond motifs is 1. The fourth-order valence-corrected chi connectivity index (χ4v) is 3.50. The molecule has 0 amide bonds. The number of benzene rings is 1. The lowest BCUT2D eigenvalue weighted by Gasteiger charge is -2.24. The van der Waals surface area contributed by atoms with E-state index in [0.717, 1.165) is 27.9 Å².